The number of nitrogens with one attached hydrogen (secondary N) is 1. The minimum atomic E-state index is 0.653. The van der Waals surface area contributed by atoms with Crippen LogP contribution in [0.4, 0.5) is 5.82 Å². The van der Waals surface area contributed by atoms with Crippen molar-refractivity contribution in [1.82, 2.24) is 19.4 Å². The van der Waals surface area contributed by atoms with Crippen molar-refractivity contribution in [3.8, 4) is 0 Å². The highest BCUT2D eigenvalue weighted by molar-refractivity contribution is 5.86. The molecule has 5 heteroatoms. The van der Waals surface area contributed by atoms with Crippen LogP contribution in [0.3, 0.4) is 0 Å². The molecule has 0 aliphatic heterocycles. The fourth-order valence-corrected chi connectivity index (χ4v) is 1.77. The minimum Gasteiger partial charge on any atom is -0.365 e. The molecular weight excluding hydrogens is 214 g/mol. The van der Waals surface area contributed by atoms with E-state index in [0.29, 0.717) is 6.54 Å². The average molecular weight is 225 g/mol. The second kappa shape index (κ2) is 3.86. The molecule has 0 saturated carbocycles. The predicted octanol–water partition coefficient (Wildman–Crippen LogP) is 1.88. The lowest BCUT2D eigenvalue weighted by Gasteiger charge is -2.01. The number of fused-ring (bicyclic) bond motifs is 3. The summed E-state index contributed by atoms with van der Waals surface area (Å²) >= 11 is 0. The third-order valence-electron chi connectivity index (χ3n) is 2.51. The Balaban J connectivity index is 2.27. The van der Waals surface area contributed by atoms with E-state index in [0.717, 1.165) is 22.6 Å². The van der Waals surface area contributed by atoms with Crippen molar-refractivity contribution >= 4 is 22.6 Å². The van der Waals surface area contributed by atoms with Gasteiger partial charge in [0.15, 0.2) is 17.0 Å². The lowest BCUT2D eigenvalue weighted by atomic mass is 10.4. The second-order valence-corrected chi connectivity index (χ2v) is 3.60. The summed E-state index contributed by atoms with van der Waals surface area (Å²) in [5, 5.41) is 3.15. The van der Waals surface area contributed by atoms with E-state index in [9.17, 15) is 0 Å². The summed E-state index contributed by atoms with van der Waals surface area (Å²) in [5.74, 6) is 0.735. The first-order valence-corrected chi connectivity index (χ1v) is 5.32. The molecule has 17 heavy (non-hydrogen) atoms. The molecule has 0 amide bonds. The molecule has 0 atom stereocenters. The summed E-state index contributed by atoms with van der Waals surface area (Å²) in [6.07, 6.45) is 5.26. The normalized spacial score (nSPS) is 10.8. The van der Waals surface area contributed by atoms with Gasteiger partial charge in [-0.3, -0.25) is 4.40 Å². The van der Waals surface area contributed by atoms with Gasteiger partial charge in [-0.25, -0.2) is 15.0 Å². The van der Waals surface area contributed by atoms with Crippen LogP contribution in [-0.2, 0) is 0 Å². The topological polar surface area (TPSA) is 55.1 Å². The molecular formula is C12H11N5. The maximum Gasteiger partial charge on any atom is 0.170 e. The number of anilines is 1. The van der Waals surface area contributed by atoms with Gasteiger partial charge in [-0.05, 0) is 12.1 Å². The van der Waals surface area contributed by atoms with Crippen LogP contribution in [-0.4, -0.2) is 25.9 Å². The first-order valence-electron chi connectivity index (χ1n) is 5.32. The van der Waals surface area contributed by atoms with E-state index in [1.165, 1.54) is 6.33 Å². The molecule has 84 valence electrons. The van der Waals surface area contributed by atoms with Gasteiger partial charge in [-0.1, -0.05) is 12.1 Å². The first-order chi connectivity index (χ1) is 8.40. The molecule has 3 aromatic rings. The quantitative estimate of drug-likeness (QED) is 0.691. The van der Waals surface area contributed by atoms with Crippen LogP contribution in [0, 0.1) is 0 Å². The molecule has 0 unspecified atom stereocenters. The van der Waals surface area contributed by atoms with Gasteiger partial charge in [0.2, 0.25) is 0 Å². The Morgan fingerprint density at radius 3 is 3.18 bits per heavy atom. The zero-order chi connectivity index (χ0) is 11.7. The highest BCUT2D eigenvalue weighted by Gasteiger charge is 2.09. The molecule has 0 spiro atoms. The SMILES string of the molecule is C=CCNc1ncnc2c1nc1ccccn12. The number of hydrogen-bond acceptors (Lipinski definition) is 4. The fourth-order valence-electron chi connectivity index (χ4n) is 1.77. The zero-order valence-corrected chi connectivity index (χ0v) is 9.17. The average Bonchev–Trinajstić information content (AvgIpc) is 2.75. The van der Waals surface area contributed by atoms with Crippen molar-refractivity contribution in [2.24, 2.45) is 0 Å². The van der Waals surface area contributed by atoms with Crippen molar-refractivity contribution in [2.75, 3.05) is 11.9 Å². The molecule has 0 bridgehead atoms. The summed E-state index contributed by atoms with van der Waals surface area (Å²) in [6, 6.07) is 5.84. The summed E-state index contributed by atoms with van der Waals surface area (Å²) < 4.78 is 1.94. The highest BCUT2D eigenvalue weighted by atomic mass is 15.1. The molecule has 3 heterocycles. The van der Waals surface area contributed by atoms with Crippen molar-refractivity contribution in [1.29, 1.82) is 0 Å². The fraction of sp³-hybridized carbons (Fsp3) is 0.0833. The Kier molecular flexibility index (Phi) is 2.22. The van der Waals surface area contributed by atoms with Crippen LogP contribution in [0.5, 0.6) is 0 Å². The van der Waals surface area contributed by atoms with Crippen molar-refractivity contribution in [2.45, 2.75) is 0 Å². The number of rotatable bonds is 3. The Hall–Kier alpha value is -2.43. The third-order valence-corrected chi connectivity index (χ3v) is 2.51. The van der Waals surface area contributed by atoms with Gasteiger partial charge in [0.1, 0.15) is 12.0 Å². The Labute approximate surface area is 97.8 Å². The Morgan fingerprint density at radius 2 is 2.29 bits per heavy atom. The molecule has 0 aliphatic rings. The van der Waals surface area contributed by atoms with Crippen molar-refractivity contribution in [3.05, 3.63) is 43.4 Å². The van der Waals surface area contributed by atoms with Crippen LogP contribution in [0.25, 0.3) is 16.8 Å². The van der Waals surface area contributed by atoms with E-state index in [-0.39, 0.29) is 0 Å². The Morgan fingerprint density at radius 1 is 1.35 bits per heavy atom. The van der Waals surface area contributed by atoms with Gasteiger partial charge in [0.05, 0.1) is 0 Å². The van der Waals surface area contributed by atoms with Crippen LogP contribution in [0.15, 0.2) is 43.4 Å². The lowest BCUT2D eigenvalue weighted by molar-refractivity contribution is 1.14. The maximum absolute atomic E-state index is 4.51. The molecule has 0 saturated heterocycles. The number of imidazole rings is 1. The van der Waals surface area contributed by atoms with Gasteiger partial charge in [0.25, 0.3) is 0 Å². The monoisotopic (exact) mass is 225 g/mol. The van der Waals surface area contributed by atoms with E-state index < -0.39 is 0 Å². The summed E-state index contributed by atoms with van der Waals surface area (Å²) in [4.78, 5) is 13.0. The van der Waals surface area contributed by atoms with Gasteiger partial charge in [-0.2, -0.15) is 0 Å². The molecule has 0 aromatic carbocycles. The molecule has 1 N–H and O–H groups in total. The van der Waals surface area contributed by atoms with Crippen molar-refractivity contribution in [3.63, 3.8) is 0 Å². The van der Waals surface area contributed by atoms with E-state index in [4.69, 9.17) is 0 Å². The smallest absolute Gasteiger partial charge is 0.170 e. The minimum absolute atomic E-state index is 0.653. The van der Waals surface area contributed by atoms with E-state index in [1.54, 1.807) is 6.08 Å². The van der Waals surface area contributed by atoms with E-state index in [2.05, 4.69) is 26.8 Å². The third kappa shape index (κ3) is 1.52. The van der Waals surface area contributed by atoms with Gasteiger partial charge in [0, 0.05) is 12.7 Å². The number of hydrogen-bond donors (Lipinski definition) is 1. The van der Waals surface area contributed by atoms with Crippen LogP contribution >= 0.6 is 0 Å². The van der Waals surface area contributed by atoms with E-state index in [1.807, 2.05) is 28.8 Å². The maximum atomic E-state index is 4.51. The molecule has 0 radical (unpaired) electrons. The van der Waals surface area contributed by atoms with Gasteiger partial charge >= 0.3 is 0 Å². The lowest BCUT2D eigenvalue weighted by Crippen LogP contribution is -2.01. The molecule has 3 rings (SSSR count). The molecule has 0 aliphatic carbocycles. The summed E-state index contributed by atoms with van der Waals surface area (Å²) in [7, 11) is 0. The number of pyridine rings is 1. The van der Waals surface area contributed by atoms with Gasteiger partial charge < -0.3 is 5.32 Å². The largest absolute Gasteiger partial charge is 0.365 e. The van der Waals surface area contributed by atoms with Crippen LogP contribution in [0.2, 0.25) is 0 Å². The molecule has 5 nitrogen and oxygen atoms in total. The number of aromatic nitrogens is 4. The number of nitrogens with zero attached hydrogens (tertiary/aromatic N) is 4. The predicted molar refractivity (Wildman–Crippen MR) is 67.0 cm³/mol. The zero-order valence-electron chi connectivity index (χ0n) is 9.17. The van der Waals surface area contributed by atoms with Crippen LogP contribution < -0.4 is 5.32 Å². The van der Waals surface area contributed by atoms with E-state index >= 15 is 0 Å². The van der Waals surface area contributed by atoms with Crippen LogP contribution in [0.1, 0.15) is 0 Å². The standard InChI is InChI=1S/C12H11N5/c1-2-6-13-11-10-12(15-8-14-11)17-7-4-3-5-9(17)16-10/h2-5,7-8H,1,6H2,(H,13,14,15). The Bertz CT molecular complexity index is 685. The second-order valence-electron chi connectivity index (χ2n) is 3.60. The first kappa shape index (κ1) is 9.77. The highest BCUT2D eigenvalue weighted by Crippen LogP contribution is 2.19. The summed E-state index contributed by atoms with van der Waals surface area (Å²) in [6.45, 7) is 4.32. The molecule has 3 aromatic heterocycles. The van der Waals surface area contributed by atoms with Crippen molar-refractivity contribution < 1.29 is 0 Å². The summed E-state index contributed by atoms with van der Waals surface area (Å²) in [5.41, 5.74) is 2.45. The van der Waals surface area contributed by atoms with Gasteiger partial charge in [-0.15, -0.1) is 6.58 Å². The molecule has 0 fully saturated rings.